The first kappa shape index (κ1) is 16.4. The van der Waals surface area contributed by atoms with Crippen LogP contribution in [-0.2, 0) is 14.3 Å². The van der Waals surface area contributed by atoms with Crippen LogP contribution in [-0.4, -0.2) is 53.2 Å². The van der Waals surface area contributed by atoms with Crippen LogP contribution in [0, 0.1) is 0 Å². The Hall–Kier alpha value is -1.43. The van der Waals surface area contributed by atoms with Gasteiger partial charge in [0.15, 0.2) is 0 Å². The summed E-state index contributed by atoms with van der Waals surface area (Å²) in [6.07, 6.45) is 5.78. The van der Waals surface area contributed by atoms with Crippen molar-refractivity contribution in [2.45, 2.75) is 45.6 Å². The minimum Gasteiger partial charge on any atom is -0.460 e. The Morgan fingerprint density at radius 2 is 1.91 bits per heavy atom. The zero-order valence-corrected chi connectivity index (χ0v) is 14.7. The quantitative estimate of drug-likeness (QED) is 0.585. The van der Waals surface area contributed by atoms with Crippen LogP contribution in [0.4, 0.5) is 0 Å². The lowest BCUT2D eigenvalue weighted by Gasteiger charge is -2.26. The molecule has 6 heteroatoms. The first-order valence-electron chi connectivity index (χ1n) is 8.40. The van der Waals surface area contributed by atoms with Gasteiger partial charge in [-0.25, -0.2) is 4.79 Å². The van der Waals surface area contributed by atoms with Crippen molar-refractivity contribution in [3.05, 3.63) is 22.4 Å². The van der Waals surface area contributed by atoms with Gasteiger partial charge in [0, 0.05) is 43.6 Å². The van der Waals surface area contributed by atoms with E-state index in [0.717, 1.165) is 54.5 Å². The van der Waals surface area contributed by atoms with Crippen LogP contribution in [0.25, 0.3) is 0 Å². The van der Waals surface area contributed by atoms with E-state index in [2.05, 4.69) is 4.90 Å². The van der Waals surface area contributed by atoms with Gasteiger partial charge in [-0.3, -0.25) is 4.79 Å². The predicted octanol–water partition coefficient (Wildman–Crippen LogP) is 2.50. The van der Waals surface area contributed by atoms with Gasteiger partial charge in [-0.1, -0.05) is 0 Å². The average Bonchev–Trinajstić information content (AvgIpc) is 3.10. The van der Waals surface area contributed by atoms with E-state index in [9.17, 15) is 9.59 Å². The Labute approximate surface area is 141 Å². The summed E-state index contributed by atoms with van der Waals surface area (Å²) in [5.41, 5.74) is 1.78. The van der Waals surface area contributed by atoms with Gasteiger partial charge in [0.1, 0.15) is 0 Å². The Bertz CT molecular complexity index is 562. The highest BCUT2D eigenvalue weighted by molar-refractivity contribution is 8.03. The van der Waals surface area contributed by atoms with E-state index in [4.69, 9.17) is 4.74 Å². The highest BCUT2D eigenvalue weighted by Gasteiger charge is 2.35. The average molecular weight is 336 g/mol. The number of esters is 1. The van der Waals surface area contributed by atoms with Crippen LogP contribution in [0.1, 0.15) is 39.5 Å². The van der Waals surface area contributed by atoms with Crippen molar-refractivity contribution >= 4 is 23.6 Å². The third kappa shape index (κ3) is 3.57. The van der Waals surface area contributed by atoms with Crippen molar-refractivity contribution < 1.29 is 14.3 Å². The normalized spacial score (nSPS) is 23.0. The van der Waals surface area contributed by atoms with E-state index < -0.39 is 0 Å². The number of piperidine rings is 1. The van der Waals surface area contributed by atoms with Gasteiger partial charge in [0.2, 0.25) is 5.91 Å². The van der Waals surface area contributed by atoms with Crippen molar-refractivity contribution in [2.75, 3.05) is 25.4 Å². The summed E-state index contributed by atoms with van der Waals surface area (Å²) in [5.74, 6) is 0.654. The number of hydrogen-bond acceptors (Lipinski definition) is 5. The number of rotatable bonds is 3. The summed E-state index contributed by atoms with van der Waals surface area (Å²) in [5, 5.41) is 0.980. The highest BCUT2D eigenvalue weighted by atomic mass is 32.2. The minimum atomic E-state index is -0.214. The molecule has 0 aliphatic carbocycles. The molecule has 0 atom stereocenters. The van der Waals surface area contributed by atoms with E-state index >= 15 is 0 Å². The number of nitrogens with zero attached hydrogens (tertiary/aromatic N) is 2. The van der Waals surface area contributed by atoms with Gasteiger partial charge < -0.3 is 14.5 Å². The summed E-state index contributed by atoms with van der Waals surface area (Å²) in [4.78, 5) is 28.6. The Kier molecular flexibility index (Phi) is 4.99. The number of carbonyl (C=O) groups is 2. The number of hydrogen-bond donors (Lipinski definition) is 0. The molecule has 3 rings (SSSR count). The molecule has 0 bridgehead atoms. The molecule has 0 radical (unpaired) electrons. The fraction of sp³-hybridized carbons (Fsp3) is 0.647. The minimum absolute atomic E-state index is 0.105. The van der Waals surface area contributed by atoms with E-state index in [1.807, 2.05) is 18.7 Å². The van der Waals surface area contributed by atoms with Crippen molar-refractivity contribution in [3.63, 3.8) is 0 Å². The zero-order valence-electron chi connectivity index (χ0n) is 13.8. The summed E-state index contributed by atoms with van der Waals surface area (Å²) >= 11 is 1.64. The van der Waals surface area contributed by atoms with E-state index in [1.165, 1.54) is 6.42 Å². The van der Waals surface area contributed by atoms with Gasteiger partial charge >= 0.3 is 5.97 Å². The standard InChI is InChI=1S/C17H24N2O3S/c1-12(2)22-17(21)14-6-9-19-13(11-23-16(14)19)10-15(20)18-7-4-3-5-8-18/h10,12H,3-9,11H2,1-2H3/b13-10+. The van der Waals surface area contributed by atoms with Crippen LogP contribution in [0.15, 0.2) is 22.4 Å². The van der Waals surface area contributed by atoms with Crippen LogP contribution in [0.2, 0.25) is 0 Å². The number of ether oxygens (including phenoxy) is 1. The monoisotopic (exact) mass is 336 g/mol. The van der Waals surface area contributed by atoms with E-state index in [0.29, 0.717) is 6.42 Å². The molecule has 5 nitrogen and oxygen atoms in total. The smallest absolute Gasteiger partial charge is 0.336 e. The number of thioether (sulfide) groups is 1. The van der Waals surface area contributed by atoms with Crippen LogP contribution < -0.4 is 0 Å². The van der Waals surface area contributed by atoms with E-state index in [-0.39, 0.29) is 18.0 Å². The van der Waals surface area contributed by atoms with Gasteiger partial charge in [-0.05, 0) is 33.1 Å². The Balaban J connectivity index is 1.71. The number of carbonyl (C=O) groups excluding carboxylic acids is 2. The topological polar surface area (TPSA) is 49.9 Å². The third-order valence-corrected chi connectivity index (χ3v) is 5.52. The first-order valence-corrected chi connectivity index (χ1v) is 9.39. The molecule has 1 amide bonds. The molecule has 0 saturated carbocycles. The molecule has 23 heavy (non-hydrogen) atoms. The first-order chi connectivity index (χ1) is 11.1. The zero-order chi connectivity index (χ0) is 16.4. The second kappa shape index (κ2) is 6.99. The van der Waals surface area contributed by atoms with Crippen molar-refractivity contribution in [1.29, 1.82) is 0 Å². The van der Waals surface area contributed by atoms with Gasteiger partial charge in [-0.15, -0.1) is 11.8 Å². The van der Waals surface area contributed by atoms with E-state index in [1.54, 1.807) is 17.8 Å². The summed E-state index contributed by atoms with van der Waals surface area (Å²) in [6.45, 7) is 6.22. The van der Waals surface area contributed by atoms with Gasteiger partial charge in [0.25, 0.3) is 0 Å². The lowest BCUT2D eigenvalue weighted by atomic mass is 10.1. The molecule has 0 N–H and O–H groups in total. The number of amides is 1. The fourth-order valence-corrected chi connectivity index (χ4v) is 4.44. The summed E-state index contributed by atoms with van der Waals surface area (Å²) in [6, 6.07) is 0. The maximum absolute atomic E-state index is 12.4. The van der Waals surface area contributed by atoms with Crippen LogP contribution in [0.3, 0.4) is 0 Å². The Morgan fingerprint density at radius 1 is 1.17 bits per heavy atom. The second-order valence-corrected chi connectivity index (χ2v) is 7.41. The highest BCUT2D eigenvalue weighted by Crippen LogP contribution is 2.42. The molecule has 0 aromatic carbocycles. The fourth-order valence-electron chi connectivity index (χ4n) is 3.20. The molecule has 2 fully saturated rings. The molecule has 3 aliphatic rings. The number of fused-ring (bicyclic) bond motifs is 1. The Morgan fingerprint density at radius 3 is 2.61 bits per heavy atom. The largest absolute Gasteiger partial charge is 0.460 e. The van der Waals surface area contributed by atoms with Gasteiger partial charge in [0.05, 0.1) is 16.7 Å². The maximum Gasteiger partial charge on any atom is 0.336 e. The summed E-state index contributed by atoms with van der Waals surface area (Å²) in [7, 11) is 0. The molecule has 0 aromatic rings. The van der Waals surface area contributed by atoms with Crippen molar-refractivity contribution in [3.8, 4) is 0 Å². The molecular formula is C17H24N2O3S. The molecule has 0 aromatic heterocycles. The van der Waals surface area contributed by atoms with Crippen LogP contribution in [0.5, 0.6) is 0 Å². The molecule has 0 unspecified atom stereocenters. The predicted molar refractivity (Wildman–Crippen MR) is 90.5 cm³/mol. The summed E-state index contributed by atoms with van der Waals surface area (Å²) < 4.78 is 5.32. The molecule has 3 aliphatic heterocycles. The molecular weight excluding hydrogens is 312 g/mol. The lowest BCUT2D eigenvalue weighted by molar-refractivity contribution is -0.142. The molecule has 2 saturated heterocycles. The molecule has 0 spiro atoms. The SMILES string of the molecule is CC(C)OC(=O)C1=C2SC/C(=C\C(=O)N3CCCCC3)N2CC1. The second-order valence-electron chi connectivity index (χ2n) is 6.45. The van der Waals surface area contributed by atoms with Gasteiger partial charge in [-0.2, -0.15) is 0 Å². The lowest BCUT2D eigenvalue weighted by Crippen LogP contribution is -2.35. The van der Waals surface area contributed by atoms with Crippen LogP contribution >= 0.6 is 11.8 Å². The molecule has 126 valence electrons. The maximum atomic E-state index is 12.4. The molecule has 3 heterocycles. The number of likely N-dealkylation sites (tertiary alicyclic amines) is 1. The third-order valence-electron chi connectivity index (χ3n) is 4.34. The van der Waals surface area contributed by atoms with Crippen molar-refractivity contribution in [2.24, 2.45) is 0 Å². The van der Waals surface area contributed by atoms with Crippen molar-refractivity contribution in [1.82, 2.24) is 9.80 Å².